The maximum absolute atomic E-state index is 11.8. The normalized spacial score (nSPS) is 20.7. The van der Waals surface area contributed by atoms with Gasteiger partial charge in [-0.05, 0) is 37.1 Å². The molecule has 3 N–H and O–H groups in total. The largest absolute Gasteiger partial charge is 0.481 e. The first-order chi connectivity index (χ1) is 8.90. The molecule has 1 aromatic carbocycles. The Hall–Kier alpha value is -2.37. The number of amides is 1. The third kappa shape index (κ3) is 2.73. The molecule has 1 aliphatic carbocycles. The van der Waals surface area contributed by atoms with E-state index in [2.05, 4.69) is 5.32 Å². The number of carboxylic acids is 2. The van der Waals surface area contributed by atoms with Crippen molar-refractivity contribution in [2.24, 2.45) is 11.8 Å². The Kier molecular flexibility index (Phi) is 3.25. The third-order valence-electron chi connectivity index (χ3n) is 3.18. The van der Waals surface area contributed by atoms with Crippen LogP contribution in [0.1, 0.15) is 22.3 Å². The Morgan fingerprint density at radius 2 is 1.89 bits per heavy atom. The van der Waals surface area contributed by atoms with Crippen LogP contribution in [0.5, 0.6) is 0 Å². The van der Waals surface area contributed by atoms with Gasteiger partial charge in [-0.3, -0.25) is 9.59 Å². The molecule has 1 saturated carbocycles. The van der Waals surface area contributed by atoms with Gasteiger partial charge in [0.1, 0.15) is 0 Å². The number of aromatic carboxylic acids is 1. The summed E-state index contributed by atoms with van der Waals surface area (Å²) in [5.74, 6) is -3.42. The Bertz CT molecular complexity index is 566. The van der Waals surface area contributed by atoms with Crippen molar-refractivity contribution >= 4 is 23.5 Å². The van der Waals surface area contributed by atoms with Gasteiger partial charge < -0.3 is 15.5 Å². The van der Waals surface area contributed by atoms with E-state index in [0.717, 1.165) is 0 Å². The molecular formula is C13H13NO5. The zero-order chi connectivity index (χ0) is 14.2. The molecule has 0 saturated heterocycles. The van der Waals surface area contributed by atoms with Crippen molar-refractivity contribution in [2.75, 3.05) is 5.32 Å². The zero-order valence-electron chi connectivity index (χ0n) is 10.2. The van der Waals surface area contributed by atoms with E-state index in [4.69, 9.17) is 10.2 Å². The summed E-state index contributed by atoms with van der Waals surface area (Å²) < 4.78 is 0. The molecule has 0 aliphatic heterocycles. The maximum atomic E-state index is 11.8. The molecule has 1 amide bonds. The number of carbonyl (C=O) groups excluding carboxylic acids is 1. The smallest absolute Gasteiger partial charge is 0.335 e. The highest BCUT2D eigenvalue weighted by atomic mass is 16.4. The Balaban J connectivity index is 2.06. The number of benzene rings is 1. The first kappa shape index (κ1) is 13.1. The van der Waals surface area contributed by atoms with Crippen LogP contribution in [-0.4, -0.2) is 28.1 Å². The summed E-state index contributed by atoms with van der Waals surface area (Å²) in [6.45, 7) is 1.68. The molecule has 1 aromatic rings. The number of aliphatic carboxylic acids is 1. The van der Waals surface area contributed by atoms with Crippen molar-refractivity contribution in [3.8, 4) is 0 Å². The summed E-state index contributed by atoms with van der Waals surface area (Å²) in [4.78, 5) is 33.2. The molecule has 0 spiro atoms. The van der Waals surface area contributed by atoms with Gasteiger partial charge in [-0.15, -0.1) is 0 Å². The van der Waals surface area contributed by atoms with E-state index in [0.29, 0.717) is 17.7 Å². The second kappa shape index (κ2) is 4.72. The fourth-order valence-corrected chi connectivity index (χ4v) is 1.92. The van der Waals surface area contributed by atoms with E-state index in [1.54, 1.807) is 6.92 Å². The van der Waals surface area contributed by atoms with Gasteiger partial charge in [-0.1, -0.05) is 0 Å². The molecular weight excluding hydrogens is 250 g/mol. The van der Waals surface area contributed by atoms with Crippen molar-refractivity contribution in [3.05, 3.63) is 29.3 Å². The van der Waals surface area contributed by atoms with Gasteiger partial charge in [-0.25, -0.2) is 4.79 Å². The molecule has 2 rings (SSSR count). The molecule has 1 fully saturated rings. The van der Waals surface area contributed by atoms with E-state index >= 15 is 0 Å². The van der Waals surface area contributed by atoms with Gasteiger partial charge in [-0.2, -0.15) is 0 Å². The minimum absolute atomic E-state index is 0.144. The number of hydrogen-bond acceptors (Lipinski definition) is 3. The van der Waals surface area contributed by atoms with Crippen molar-refractivity contribution in [1.82, 2.24) is 0 Å². The molecule has 0 bridgehead atoms. The van der Waals surface area contributed by atoms with Crippen LogP contribution in [0, 0.1) is 18.8 Å². The van der Waals surface area contributed by atoms with E-state index < -0.39 is 23.8 Å². The molecule has 0 radical (unpaired) electrons. The van der Waals surface area contributed by atoms with Gasteiger partial charge in [0, 0.05) is 5.69 Å². The molecule has 0 aromatic heterocycles. The van der Waals surface area contributed by atoms with Gasteiger partial charge in [0.2, 0.25) is 5.91 Å². The lowest BCUT2D eigenvalue weighted by atomic mass is 10.1. The van der Waals surface area contributed by atoms with Gasteiger partial charge in [0.25, 0.3) is 0 Å². The topological polar surface area (TPSA) is 104 Å². The number of carbonyl (C=O) groups is 3. The monoisotopic (exact) mass is 263 g/mol. The first-order valence-corrected chi connectivity index (χ1v) is 5.77. The van der Waals surface area contributed by atoms with Crippen LogP contribution in [0.4, 0.5) is 5.69 Å². The van der Waals surface area contributed by atoms with Crippen LogP contribution in [0.2, 0.25) is 0 Å². The van der Waals surface area contributed by atoms with Crippen LogP contribution in [-0.2, 0) is 9.59 Å². The lowest BCUT2D eigenvalue weighted by molar-refractivity contribution is -0.139. The quantitative estimate of drug-likeness (QED) is 0.760. The number of anilines is 1. The van der Waals surface area contributed by atoms with E-state index in [-0.39, 0.29) is 11.5 Å². The van der Waals surface area contributed by atoms with Crippen molar-refractivity contribution in [2.45, 2.75) is 13.3 Å². The van der Waals surface area contributed by atoms with Crippen LogP contribution in [0.15, 0.2) is 18.2 Å². The summed E-state index contributed by atoms with van der Waals surface area (Å²) in [7, 11) is 0. The molecule has 2 atom stereocenters. The predicted octanol–water partition coefficient (Wildman–Crippen LogP) is 1.35. The van der Waals surface area contributed by atoms with Gasteiger partial charge in [0.15, 0.2) is 0 Å². The lowest BCUT2D eigenvalue weighted by Gasteiger charge is -2.08. The second-order valence-corrected chi connectivity index (χ2v) is 4.61. The molecule has 0 heterocycles. The Morgan fingerprint density at radius 1 is 1.21 bits per heavy atom. The fraction of sp³-hybridized carbons (Fsp3) is 0.308. The highest BCUT2D eigenvalue weighted by molar-refractivity contribution is 5.99. The second-order valence-electron chi connectivity index (χ2n) is 4.61. The highest BCUT2D eigenvalue weighted by Gasteiger charge is 2.48. The van der Waals surface area contributed by atoms with Crippen molar-refractivity contribution in [3.63, 3.8) is 0 Å². The predicted molar refractivity (Wildman–Crippen MR) is 66.0 cm³/mol. The molecule has 19 heavy (non-hydrogen) atoms. The van der Waals surface area contributed by atoms with Crippen molar-refractivity contribution in [1.29, 1.82) is 0 Å². The first-order valence-electron chi connectivity index (χ1n) is 5.77. The third-order valence-corrected chi connectivity index (χ3v) is 3.18. The molecule has 6 nitrogen and oxygen atoms in total. The summed E-state index contributed by atoms with van der Waals surface area (Å²) in [5, 5.41) is 20.2. The summed E-state index contributed by atoms with van der Waals surface area (Å²) in [6, 6.07) is 4.36. The van der Waals surface area contributed by atoms with E-state index in [1.165, 1.54) is 18.2 Å². The average molecular weight is 263 g/mol. The maximum Gasteiger partial charge on any atom is 0.335 e. The number of carboxylic acid groups (broad SMARTS) is 2. The van der Waals surface area contributed by atoms with E-state index in [1.807, 2.05) is 0 Å². The molecule has 6 heteroatoms. The van der Waals surface area contributed by atoms with Crippen LogP contribution < -0.4 is 5.32 Å². The lowest BCUT2D eigenvalue weighted by Crippen LogP contribution is -2.17. The van der Waals surface area contributed by atoms with Gasteiger partial charge >= 0.3 is 11.9 Å². The summed E-state index contributed by atoms with van der Waals surface area (Å²) >= 11 is 0. The Labute approximate surface area is 109 Å². The van der Waals surface area contributed by atoms with Crippen molar-refractivity contribution < 1.29 is 24.6 Å². The molecule has 1 aliphatic rings. The Morgan fingerprint density at radius 3 is 2.37 bits per heavy atom. The standard InChI is InChI=1S/C13H13NO5/c1-6-4-7(12(16)17)2-3-10(6)14-11(15)8-5-9(8)13(18)19/h2-4,8-9H,5H2,1H3,(H,14,15)(H,16,17)(H,18,19). The van der Waals surface area contributed by atoms with Crippen LogP contribution in [0.3, 0.4) is 0 Å². The number of hydrogen-bond donors (Lipinski definition) is 3. The average Bonchev–Trinajstić information content (AvgIpc) is 3.11. The van der Waals surface area contributed by atoms with Crippen LogP contribution >= 0.6 is 0 Å². The zero-order valence-corrected chi connectivity index (χ0v) is 10.2. The van der Waals surface area contributed by atoms with Crippen LogP contribution in [0.25, 0.3) is 0 Å². The summed E-state index contributed by atoms with van der Waals surface area (Å²) in [5.41, 5.74) is 1.28. The fourth-order valence-electron chi connectivity index (χ4n) is 1.92. The molecule has 2 unspecified atom stereocenters. The number of aryl methyl sites for hydroxylation is 1. The molecule has 100 valence electrons. The number of nitrogens with one attached hydrogen (secondary N) is 1. The summed E-state index contributed by atoms with van der Waals surface area (Å²) in [6.07, 6.45) is 0.355. The number of rotatable bonds is 4. The SMILES string of the molecule is Cc1cc(C(=O)O)ccc1NC(=O)C1CC1C(=O)O. The highest BCUT2D eigenvalue weighted by Crippen LogP contribution is 2.39. The van der Waals surface area contributed by atoms with E-state index in [9.17, 15) is 14.4 Å². The minimum Gasteiger partial charge on any atom is -0.481 e. The van der Waals surface area contributed by atoms with Gasteiger partial charge in [0.05, 0.1) is 17.4 Å². The minimum atomic E-state index is -1.03.